The van der Waals surface area contributed by atoms with Crippen molar-refractivity contribution in [3.05, 3.63) is 62.8 Å². The third-order valence-corrected chi connectivity index (χ3v) is 5.83. The minimum atomic E-state index is -0.0878. The maximum atomic E-state index is 9.15. The predicted molar refractivity (Wildman–Crippen MR) is 118 cm³/mol. The fourth-order valence-electron chi connectivity index (χ4n) is 2.79. The van der Waals surface area contributed by atoms with Gasteiger partial charge in [-0.05, 0) is 24.3 Å². The van der Waals surface area contributed by atoms with Crippen LogP contribution in [0, 0.1) is 0 Å². The van der Waals surface area contributed by atoms with Gasteiger partial charge >= 0.3 is 0 Å². The number of nitrogens with zero attached hydrogens (tertiary/aromatic N) is 3. The first-order chi connectivity index (χ1) is 14.6. The number of methoxy groups -OCH3 is 1. The summed E-state index contributed by atoms with van der Waals surface area (Å²) in [5.74, 6) is 1.66. The van der Waals surface area contributed by atoms with E-state index in [4.69, 9.17) is 37.8 Å². The smallest absolute Gasteiger partial charge is 0.163 e. The molecule has 0 fully saturated rings. The quantitative estimate of drug-likeness (QED) is 0.389. The van der Waals surface area contributed by atoms with Crippen LogP contribution in [0.15, 0.2) is 42.0 Å². The first-order valence-corrected chi connectivity index (χ1v) is 10.4. The molecule has 2 heterocycles. The molecule has 2 aromatic heterocycles. The Morgan fingerprint density at radius 3 is 2.70 bits per heavy atom. The topological polar surface area (TPSA) is 89.4 Å². The van der Waals surface area contributed by atoms with Gasteiger partial charge in [-0.2, -0.15) is 0 Å². The van der Waals surface area contributed by atoms with Crippen molar-refractivity contribution in [1.82, 2.24) is 15.0 Å². The number of aliphatic hydroxyl groups excluding tert-OH is 1. The van der Waals surface area contributed by atoms with E-state index in [0.717, 1.165) is 16.8 Å². The predicted octanol–water partition coefficient (Wildman–Crippen LogP) is 5.22. The van der Waals surface area contributed by atoms with Crippen LogP contribution < -0.4 is 14.8 Å². The molecular formula is C20H16Cl2N4O3S. The first-order valence-electron chi connectivity index (χ1n) is 8.79. The van der Waals surface area contributed by atoms with Crippen LogP contribution in [0.5, 0.6) is 11.5 Å². The Morgan fingerprint density at radius 1 is 1.10 bits per heavy atom. The summed E-state index contributed by atoms with van der Waals surface area (Å²) in [7, 11) is 1.57. The Balaban J connectivity index is 1.63. The molecule has 0 aliphatic carbocycles. The molecule has 4 rings (SSSR count). The molecule has 30 heavy (non-hydrogen) atoms. The van der Waals surface area contributed by atoms with E-state index in [1.165, 1.54) is 17.7 Å². The van der Waals surface area contributed by atoms with E-state index in [1.54, 1.807) is 25.3 Å². The molecule has 0 saturated heterocycles. The summed E-state index contributed by atoms with van der Waals surface area (Å²) in [4.78, 5) is 13.0. The standard InChI is InChI=1S/C20H16Cl2N4O3S/c1-28-17-5-13-16(6-18(17)29-8-12-9-30-19(7-27)25-12)23-10-24-20(13)26-11-2-3-14(21)15(22)4-11/h2-6,9-10,27H,7-8H2,1H3,(H,23,24,26). The number of ether oxygens (including phenoxy) is 2. The van der Waals surface area contributed by atoms with Crippen molar-refractivity contribution in [3.63, 3.8) is 0 Å². The summed E-state index contributed by atoms with van der Waals surface area (Å²) in [6.45, 7) is 0.160. The van der Waals surface area contributed by atoms with E-state index in [9.17, 15) is 0 Å². The van der Waals surface area contributed by atoms with Gasteiger partial charge in [0.25, 0.3) is 0 Å². The second kappa shape index (κ2) is 9.01. The SMILES string of the molecule is COc1cc2c(Nc3ccc(Cl)c(Cl)c3)ncnc2cc1OCc1csc(CO)n1. The highest BCUT2D eigenvalue weighted by Gasteiger charge is 2.13. The van der Waals surface area contributed by atoms with Crippen molar-refractivity contribution < 1.29 is 14.6 Å². The zero-order valence-corrected chi connectivity index (χ0v) is 18.1. The fraction of sp³-hybridized carbons (Fsp3) is 0.150. The van der Waals surface area contributed by atoms with Gasteiger partial charge in [-0.3, -0.25) is 0 Å². The molecule has 0 radical (unpaired) electrons. The lowest BCUT2D eigenvalue weighted by Crippen LogP contribution is -2.00. The van der Waals surface area contributed by atoms with Gasteiger partial charge in [0.2, 0.25) is 0 Å². The Labute approximate surface area is 186 Å². The Kier molecular flexibility index (Phi) is 6.19. The van der Waals surface area contributed by atoms with Gasteiger partial charge in [0.15, 0.2) is 11.5 Å². The number of aromatic nitrogens is 3. The van der Waals surface area contributed by atoms with Gasteiger partial charge in [0, 0.05) is 22.5 Å². The van der Waals surface area contributed by atoms with Crippen LogP contribution in [0.3, 0.4) is 0 Å². The van der Waals surface area contributed by atoms with Crippen LogP contribution in [0.4, 0.5) is 11.5 Å². The maximum Gasteiger partial charge on any atom is 0.163 e. The summed E-state index contributed by atoms with van der Waals surface area (Å²) < 4.78 is 11.4. The Hall–Kier alpha value is -2.65. The molecule has 0 aliphatic heterocycles. The summed E-state index contributed by atoms with van der Waals surface area (Å²) >= 11 is 13.5. The normalized spacial score (nSPS) is 10.9. The van der Waals surface area contributed by atoms with E-state index in [1.807, 2.05) is 17.5 Å². The molecule has 10 heteroatoms. The average Bonchev–Trinajstić information content (AvgIpc) is 3.22. The maximum absolute atomic E-state index is 9.15. The third kappa shape index (κ3) is 4.41. The molecule has 0 bridgehead atoms. The molecule has 0 saturated carbocycles. The van der Waals surface area contributed by atoms with Crippen LogP contribution >= 0.6 is 34.5 Å². The van der Waals surface area contributed by atoms with Crippen molar-refractivity contribution in [2.75, 3.05) is 12.4 Å². The minimum absolute atomic E-state index is 0.0878. The van der Waals surface area contributed by atoms with Crippen LogP contribution in [0.2, 0.25) is 10.0 Å². The molecule has 0 unspecified atom stereocenters. The van der Waals surface area contributed by atoms with Crippen molar-refractivity contribution in [3.8, 4) is 11.5 Å². The number of hydrogen-bond acceptors (Lipinski definition) is 8. The largest absolute Gasteiger partial charge is 0.493 e. The highest BCUT2D eigenvalue weighted by atomic mass is 35.5. The van der Waals surface area contributed by atoms with E-state index in [-0.39, 0.29) is 13.2 Å². The molecule has 0 aliphatic rings. The van der Waals surface area contributed by atoms with E-state index >= 15 is 0 Å². The summed E-state index contributed by atoms with van der Waals surface area (Å²) in [5, 5.41) is 16.5. The highest BCUT2D eigenvalue weighted by molar-refractivity contribution is 7.09. The van der Waals surface area contributed by atoms with Crippen molar-refractivity contribution in [2.24, 2.45) is 0 Å². The number of benzene rings is 2. The summed E-state index contributed by atoms with van der Waals surface area (Å²) in [6.07, 6.45) is 1.46. The number of hydrogen-bond donors (Lipinski definition) is 2. The molecule has 0 amide bonds. The average molecular weight is 463 g/mol. The molecule has 0 atom stereocenters. The zero-order chi connectivity index (χ0) is 21.1. The molecule has 2 aromatic carbocycles. The Bertz CT molecular complexity index is 1200. The Morgan fingerprint density at radius 2 is 1.97 bits per heavy atom. The number of halogens is 2. The van der Waals surface area contributed by atoms with Crippen LogP contribution in [0.1, 0.15) is 10.7 Å². The second-order valence-electron chi connectivity index (χ2n) is 6.18. The lowest BCUT2D eigenvalue weighted by atomic mass is 10.2. The van der Waals surface area contributed by atoms with Gasteiger partial charge < -0.3 is 19.9 Å². The van der Waals surface area contributed by atoms with Gasteiger partial charge in [-0.15, -0.1) is 11.3 Å². The molecule has 7 nitrogen and oxygen atoms in total. The van der Waals surface area contributed by atoms with Crippen LogP contribution in [-0.4, -0.2) is 27.2 Å². The molecule has 0 spiro atoms. The summed E-state index contributed by atoms with van der Waals surface area (Å²) in [5.41, 5.74) is 2.15. The number of aliphatic hydroxyl groups is 1. The van der Waals surface area contributed by atoms with Crippen LogP contribution in [0.25, 0.3) is 10.9 Å². The molecular weight excluding hydrogens is 447 g/mol. The van der Waals surface area contributed by atoms with Gasteiger partial charge in [0.1, 0.15) is 23.8 Å². The number of anilines is 2. The minimum Gasteiger partial charge on any atom is -0.493 e. The molecule has 154 valence electrons. The number of thiazole rings is 1. The zero-order valence-electron chi connectivity index (χ0n) is 15.7. The van der Waals surface area contributed by atoms with Crippen LogP contribution in [-0.2, 0) is 13.2 Å². The molecule has 2 N–H and O–H groups in total. The van der Waals surface area contributed by atoms with Crippen molar-refractivity contribution in [2.45, 2.75) is 13.2 Å². The van der Waals surface area contributed by atoms with E-state index in [0.29, 0.717) is 37.9 Å². The van der Waals surface area contributed by atoms with Gasteiger partial charge in [-0.25, -0.2) is 15.0 Å². The van der Waals surface area contributed by atoms with E-state index in [2.05, 4.69) is 20.3 Å². The third-order valence-electron chi connectivity index (χ3n) is 4.21. The second-order valence-corrected chi connectivity index (χ2v) is 7.93. The van der Waals surface area contributed by atoms with E-state index < -0.39 is 0 Å². The first kappa shape index (κ1) is 20.6. The fourth-order valence-corrected chi connectivity index (χ4v) is 3.72. The highest BCUT2D eigenvalue weighted by Crippen LogP contribution is 2.35. The monoisotopic (exact) mass is 462 g/mol. The van der Waals surface area contributed by atoms with Gasteiger partial charge in [0.05, 0.1) is 35.0 Å². The lowest BCUT2D eigenvalue weighted by molar-refractivity contribution is 0.273. The number of nitrogens with one attached hydrogen (secondary N) is 1. The number of fused-ring (bicyclic) bond motifs is 1. The molecule has 4 aromatic rings. The van der Waals surface area contributed by atoms with Gasteiger partial charge in [-0.1, -0.05) is 23.2 Å². The summed E-state index contributed by atoms with van der Waals surface area (Å²) in [6, 6.07) is 8.84. The van der Waals surface area contributed by atoms with Crippen molar-refractivity contribution >= 4 is 56.9 Å². The van der Waals surface area contributed by atoms with Crippen molar-refractivity contribution in [1.29, 1.82) is 0 Å². The lowest BCUT2D eigenvalue weighted by Gasteiger charge is -2.13. The number of rotatable bonds is 7.